The molecule has 0 unspecified atom stereocenters. The molecule has 10 heteroatoms. The first-order chi connectivity index (χ1) is 12.9. The van der Waals surface area contributed by atoms with Gasteiger partial charge >= 0.3 is 18.2 Å². The Kier molecular flexibility index (Phi) is 8.85. The van der Waals surface area contributed by atoms with Gasteiger partial charge in [0.25, 0.3) is 0 Å². The Balaban J connectivity index is 3.02. The van der Waals surface area contributed by atoms with Crippen LogP contribution in [0.25, 0.3) is 0 Å². The van der Waals surface area contributed by atoms with Gasteiger partial charge in [0.15, 0.2) is 5.60 Å². The molecule has 0 spiro atoms. The summed E-state index contributed by atoms with van der Waals surface area (Å²) in [6.45, 7) is 5.52. The lowest BCUT2D eigenvalue weighted by molar-refractivity contribution is -0.148. The van der Waals surface area contributed by atoms with Crippen molar-refractivity contribution in [3.8, 4) is 0 Å². The smallest absolute Gasteiger partial charge is 0.420 e. The van der Waals surface area contributed by atoms with Crippen molar-refractivity contribution in [3.63, 3.8) is 0 Å². The summed E-state index contributed by atoms with van der Waals surface area (Å²) in [5, 5.41) is 0. The predicted octanol–water partition coefficient (Wildman–Crippen LogP) is 4.86. The van der Waals surface area contributed by atoms with E-state index in [2.05, 4.69) is 0 Å². The highest BCUT2D eigenvalue weighted by Gasteiger charge is 2.47. The minimum atomic E-state index is -1.98. The number of ether oxygens (including phenoxy) is 3. The van der Waals surface area contributed by atoms with Crippen LogP contribution in [0.3, 0.4) is 0 Å². The van der Waals surface area contributed by atoms with Crippen molar-refractivity contribution in [2.75, 3.05) is 6.61 Å². The van der Waals surface area contributed by atoms with Gasteiger partial charge < -0.3 is 14.2 Å². The molecule has 156 valence electrons. The van der Waals surface area contributed by atoms with E-state index in [-0.39, 0.29) is 13.2 Å². The average Bonchev–Trinajstić information content (AvgIpc) is 2.59. The van der Waals surface area contributed by atoms with Gasteiger partial charge in [0.1, 0.15) is 12.6 Å². The molecule has 0 aliphatic heterocycles. The fraction of sp³-hybridized carbons (Fsp3) is 0.500. The topological polar surface area (TPSA) is 82.1 Å². The Hall–Kier alpha value is -1.70. The van der Waals surface area contributed by atoms with Crippen LogP contribution in [0.2, 0.25) is 0 Å². The molecule has 0 saturated carbocycles. The standard InChI is InChI=1S/C18H22Cl3NO6/c1-5-26-14(23)12(2)22(16(25)28-17(3,4)18(19,20)21)15(24)27-11-13-9-7-6-8-10-13/h6-10,12H,5,11H2,1-4H3/t12-/m1/s1. The molecule has 0 aromatic heterocycles. The molecular formula is C18H22Cl3NO6. The number of amides is 2. The maximum atomic E-state index is 12.6. The van der Waals surface area contributed by atoms with E-state index in [1.807, 2.05) is 0 Å². The molecular weight excluding hydrogens is 433 g/mol. The van der Waals surface area contributed by atoms with Gasteiger partial charge in [-0.15, -0.1) is 0 Å². The highest BCUT2D eigenvalue weighted by atomic mass is 35.6. The number of esters is 1. The Labute approximate surface area is 178 Å². The minimum Gasteiger partial charge on any atom is -0.464 e. The third-order valence-electron chi connectivity index (χ3n) is 3.64. The molecule has 1 aromatic rings. The van der Waals surface area contributed by atoms with Crippen LogP contribution in [0.4, 0.5) is 9.59 Å². The summed E-state index contributed by atoms with van der Waals surface area (Å²) < 4.78 is 13.2. The Bertz CT molecular complexity index is 690. The molecule has 7 nitrogen and oxygen atoms in total. The number of rotatable bonds is 6. The third kappa shape index (κ3) is 6.72. The first-order valence-electron chi connectivity index (χ1n) is 8.37. The Morgan fingerprint density at radius 2 is 1.61 bits per heavy atom. The molecule has 0 aliphatic rings. The Morgan fingerprint density at radius 3 is 2.11 bits per heavy atom. The zero-order valence-corrected chi connectivity index (χ0v) is 18.2. The molecule has 0 aliphatic carbocycles. The molecule has 1 rings (SSSR count). The number of alkyl halides is 3. The van der Waals surface area contributed by atoms with Crippen molar-refractivity contribution in [3.05, 3.63) is 35.9 Å². The van der Waals surface area contributed by atoms with Crippen molar-refractivity contribution in [1.29, 1.82) is 0 Å². The van der Waals surface area contributed by atoms with Crippen molar-refractivity contribution in [1.82, 2.24) is 4.90 Å². The number of carbonyl (C=O) groups is 3. The van der Waals surface area contributed by atoms with Gasteiger partial charge in [-0.2, -0.15) is 4.90 Å². The van der Waals surface area contributed by atoms with Crippen molar-refractivity contribution in [2.24, 2.45) is 0 Å². The van der Waals surface area contributed by atoms with Crippen LogP contribution in [0.5, 0.6) is 0 Å². The van der Waals surface area contributed by atoms with E-state index in [1.54, 1.807) is 37.3 Å². The Morgan fingerprint density at radius 1 is 1.04 bits per heavy atom. The van der Waals surface area contributed by atoms with Gasteiger partial charge in [-0.1, -0.05) is 65.1 Å². The summed E-state index contributed by atoms with van der Waals surface area (Å²) in [6, 6.07) is 7.48. The van der Waals surface area contributed by atoms with Gasteiger partial charge in [0.05, 0.1) is 6.61 Å². The van der Waals surface area contributed by atoms with E-state index in [0.717, 1.165) is 0 Å². The van der Waals surface area contributed by atoms with E-state index in [4.69, 9.17) is 49.0 Å². The summed E-state index contributed by atoms with van der Waals surface area (Å²) in [7, 11) is 0. The SMILES string of the molecule is CCOC(=O)[C@@H](C)N(C(=O)OCc1ccccc1)C(=O)OC(C)(C)C(Cl)(Cl)Cl. The number of imide groups is 1. The maximum Gasteiger partial charge on any atom is 0.420 e. The van der Waals surface area contributed by atoms with Gasteiger partial charge in [0, 0.05) is 0 Å². The van der Waals surface area contributed by atoms with Crippen LogP contribution >= 0.6 is 34.8 Å². The normalized spacial score (nSPS) is 12.7. The van der Waals surface area contributed by atoms with Gasteiger partial charge in [-0.3, -0.25) is 0 Å². The summed E-state index contributed by atoms with van der Waals surface area (Å²) in [5.41, 5.74) is -0.907. The molecule has 0 fully saturated rings. The van der Waals surface area contributed by atoms with Crippen LogP contribution in [-0.4, -0.2) is 45.1 Å². The highest BCUT2D eigenvalue weighted by Crippen LogP contribution is 2.40. The van der Waals surface area contributed by atoms with Crippen LogP contribution in [-0.2, 0) is 25.6 Å². The molecule has 1 atom stereocenters. The number of hydrogen-bond donors (Lipinski definition) is 0. The molecule has 1 aromatic carbocycles. The first-order valence-corrected chi connectivity index (χ1v) is 9.50. The van der Waals surface area contributed by atoms with E-state index < -0.39 is 33.6 Å². The second-order valence-electron chi connectivity index (χ2n) is 6.21. The van der Waals surface area contributed by atoms with Crippen molar-refractivity contribution < 1.29 is 28.6 Å². The molecule has 0 radical (unpaired) electrons. The monoisotopic (exact) mass is 453 g/mol. The summed E-state index contributed by atoms with van der Waals surface area (Å²) >= 11 is 17.4. The number of nitrogens with zero attached hydrogens (tertiary/aromatic N) is 1. The zero-order chi connectivity index (χ0) is 21.5. The maximum absolute atomic E-state index is 12.6. The largest absolute Gasteiger partial charge is 0.464 e. The van der Waals surface area contributed by atoms with Crippen LogP contribution in [0.1, 0.15) is 33.3 Å². The lowest BCUT2D eigenvalue weighted by Gasteiger charge is -2.34. The summed E-state index contributed by atoms with van der Waals surface area (Å²) in [6.07, 6.45) is -2.32. The minimum absolute atomic E-state index is 0.0603. The van der Waals surface area contributed by atoms with Crippen LogP contribution < -0.4 is 0 Å². The molecule has 0 N–H and O–H groups in total. The van der Waals surface area contributed by atoms with E-state index in [0.29, 0.717) is 10.5 Å². The van der Waals surface area contributed by atoms with Gasteiger partial charge in [-0.25, -0.2) is 14.4 Å². The fourth-order valence-corrected chi connectivity index (χ4v) is 1.99. The highest BCUT2D eigenvalue weighted by molar-refractivity contribution is 6.68. The molecule has 0 bridgehead atoms. The molecule has 0 heterocycles. The quantitative estimate of drug-likeness (QED) is 0.347. The lowest BCUT2D eigenvalue weighted by Crippen LogP contribution is -2.52. The second-order valence-corrected chi connectivity index (χ2v) is 8.50. The zero-order valence-electron chi connectivity index (χ0n) is 15.9. The summed E-state index contributed by atoms with van der Waals surface area (Å²) in [5.74, 6) is -0.817. The average molecular weight is 455 g/mol. The van der Waals surface area contributed by atoms with E-state index in [9.17, 15) is 14.4 Å². The second kappa shape index (κ2) is 10.2. The lowest BCUT2D eigenvalue weighted by atomic mass is 10.2. The molecule has 2 amide bonds. The third-order valence-corrected chi connectivity index (χ3v) is 5.00. The number of benzene rings is 1. The van der Waals surface area contributed by atoms with Crippen LogP contribution in [0, 0.1) is 0 Å². The molecule has 28 heavy (non-hydrogen) atoms. The molecule has 0 saturated heterocycles. The van der Waals surface area contributed by atoms with Crippen LogP contribution in [0.15, 0.2) is 30.3 Å². The fourth-order valence-electron chi connectivity index (χ4n) is 1.87. The van der Waals surface area contributed by atoms with Gasteiger partial charge in [0.2, 0.25) is 3.79 Å². The van der Waals surface area contributed by atoms with Crippen molar-refractivity contribution in [2.45, 2.75) is 49.7 Å². The number of hydrogen-bond acceptors (Lipinski definition) is 6. The number of halogens is 3. The van der Waals surface area contributed by atoms with Crippen molar-refractivity contribution >= 4 is 53.0 Å². The first kappa shape index (κ1) is 24.3. The van der Waals surface area contributed by atoms with Gasteiger partial charge in [-0.05, 0) is 33.3 Å². The van der Waals surface area contributed by atoms with E-state index in [1.165, 1.54) is 20.8 Å². The number of carbonyl (C=O) groups excluding carboxylic acids is 3. The predicted molar refractivity (Wildman–Crippen MR) is 105 cm³/mol. The summed E-state index contributed by atoms with van der Waals surface area (Å²) in [4.78, 5) is 37.7. The van der Waals surface area contributed by atoms with E-state index >= 15 is 0 Å².